The van der Waals surface area contributed by atoms with E-state index in [1.807, 2.05) is 11.9 Å². The van der Waals surface area contributed by atoms with E-state index in [4.69, 9.17) is 11.6 Å². The molecule has 0 aliphatic carbocycles. The second-order valence-corrected chi connectivity index (χ2v) is 2.96. The van der Waals surface area contributed by atoms with Gasteiger partial charge in [0.25, 0.3) is 0 Å². The molecule has 0 atom stereocenters. The van der Waals surface area contributed by atoms with E-state index in [1.165, 1.54) is 12.1 Å². The lowest BCUT2D eigenvalue weighted by Gasteiger charge is -2.17. The van der Waals surface area contributed by atoms with Gasteiger partial charge in [0.2, 0.25) is 0 Å². The Hall–Kier alpha value is -0.760. The highest BCUT2D eigenvalue weighted by molar-refractivity contribution is 6.18. The number of benzene rings is 1. The van der Waals surface area contributed by atoms with Gasteiger partial charge in [-0.1, -0.05) is 0 Å². The zero-order valence-electron chi connectivity index (χ0n) is 6.93. The van der Waals surface area contributed by atoms with Gasteiger partial charge < -0.3 is 4.90 Å². The summed E-state index contributed by atoms with van der Waals surface area (Å²) in [5.41, 5.74) is 0.983. The second kappa shape index (κ2) is 4.31. The van der Waals surface area contributed by atoms with Crippen molar-refractivity contribution >= 4 is 17.3 Å². The van der Waals surface area contributed by atoms with Gasteiger partial charge in [-0.2, -0.15) is 0 Å². The molecule has 0 fully saturated rings. The molecule has 3 heteroatoms. The highest BCUT2D eigenvalue weighted by Gasteiger charge is 1.98. The molecule has 0 aliphatic rings. The van der Waals surface area contributed by atoms with Gasteiger partial charge in [-0.15, -0.1) is 11.6 Å². The summed E-state index contributed by atoms with van der Waals surface area (Å²) in [7, 11) is 1.93. The Labute approximate surface area is 76.8 Å². The molecule has 12 heavy (non-hydrogen) atoms. The van der Waals surface area contributed by atoms with Crippen molar-refractivity contribution in [3.63, 3.8) is 0 Å². The molecule has 1 nitrogen and oxygen atoms in total. The maximum absolute atomic E-state index is 12.5. The van der Waals surface area contributed by atoms with Crippen LogP contribution in [0.4, 0.5) is 10.1 Å². The Morgan fingerprint density at radius 2 is 1.92 bits per heavy atom. The lowest BCUT2D eigenvalue weighted by atomic mass is 10.3. The number of nitrogens with zero attached hydrogens (tertiary/aromatic N) is 1. The fourth-order valence-corrected chi connectivity index (χ4v) is 1.20. The quantitative estimate of drug-likeness (QED) is 0.658. The molecule has 0 spiro atoms. The number of halogens is 2. The van der Waals surface area contributed by atoms with Crippen molar-refractivity contribution in [3.8, 4) is 0 Å². The minimum atomic E-state index is -0.210. The minimum absolute atomic E-state index is 0.210. The smallest absolute Gasteiger partial charge is 0.123 e. The molecule has 1 aromatic carbocycles. The first-order valence-electron chi connectivity index (χ1n) is 3.76. The summed E-state index contributed by atoms with van der Waals surface area (Å²) in [6, 6.07) is 6.36. The third-order valence-electron chi connectivity index (χ3n) is 1.69. The first-order valence-corrected chi connectivity index (χ1v) is 4.30. The molecule has 0 saturated heterocycles. The van der Waals surface area contributed by atoms with Gasteiger partial charge in [0.05, 0.1) is 0 Å². The van der Waals surface area contributed by atoms with E-state index in [9.17, 15) is 4.39 Å². The molecule has 0 unspecified atom stereocenters. The van der Waals surface area contributed by atoms with Crippen molar-refractivity contribution in [2.45, 2.75) is 0 Å². The molecule has 0 heterocycles. The Morgan fingerprint density at radius 1 is 1.33 bits per heavy atom. The van der Waals surface area contributed by atoms with Crippen molar-refractivity contribution < 1.29 is 4.39 Å². The van der Waals surface area contributed by atoms with Gasteiger partial charge in [0.15, 0.2) is 0 Å². The predicted molar refractivity (Wildman–Crippen MR) is 50.4 cm³/mol. The standard InChI is InChI=1S/C9H11ClFN/c1-12(7-6-10)9-4-2-8(11)3-5-9/h2-5H,6-7H2,1H3. The lowest BCUT2D eigenvalue weighted by molar-refractivity contribution is 0.627. The Kier molecular flexibility index (Phi) is 3.35. The second-order valence-electron chi connectivity index (χ2n) is 2.59. The van der Waals surface area contributed by atoms with Crippen molar-refractivity contribution in [2.75, 3.05) is 24.4 Å². The molecule has 66 valence electrons. The molecule has 0 N–H and O–H groups in total. The van der Waals surface area contributed by atoms with E-state index in [-0.39, 0.29) is 5.82 Å². The van der Waals surface area contributed by atoms with E-state index >= 15 is 0 Å². The maximum atomic E-state index is 12.5. The normalized spacial score (nSPS) is 9.92. The van der Waals surface area contributed by atoms with Crippen LogP contribution in [0.5, 0.6) is 0 Å². The molecule has 0 bridgehead atoms. The maximum Gasteiger partial charge on any atom is 0.123 e. The molecule has 0 aromatic heterocycles. The van der Waals surface area contributed by atoms with Crippen molar-refractivity contribution in [1.82, 2.24) is 0 Å². The Bertz CT molecular complexity index is 235. The molecule has 1 aromatic rings. The van der Waals surface area contributed by atoms with Crippen LogP contribution in [-0.4, -0.2) is 19.5 Å². The molecule has 0 radical (unpaired) electrons. The third-order valence-corrected chi connectivity index (χ3v) is 1.86. The van der Waals surface area contributed by atoms with Gasteiger partial charge in [-0.05, 0) is 24.3 Å². The van der Waals surface area contributed by atoms with Crippen LogP contribution in [-0.2, 0) is 0 Å². The summed E-state index contributed by atoms with van der Waals surface area (Å²) in [6.45, 7) is 0.771. The fraction of sp³-hybridized carbons (Fsp3) is 0.333. The third kappa shape index (κ3) is 2.38. The van der Waals surface area contributed by atoms with Crippen LogP contribution in [0, 0.1) is 5.82 Å². The summed E-state index contributed by atoms with van der Waals surface area (Å²) in [4.78, 5) is 1.98. The molecule has 0 saturated carbocycles. The lowest BCUT2D eigenvalue weighted by Crippen LogP contribution is -2.19. The van der Waals surface area contributed by atoms with Gasteiger partial charge in [-0.3, -0.25) is 0 Å². The van der Waals surface area contributed by atoms with Crippen molar-refractivity contribution in [2.24, 2.45) is 0 Å². The van der Waals surface area contributed by atoms with E-state index in [0.717, 1.165) is 12.2 Å². The topological polar surface area (TPSA) is 3.24 Å². The van der Waals surface area contributed by atoms with Crippen molar-refractivity contribution in [1.29, 1.82) is 0 Å². The van der Waals surface area contributed by atoms with Crippen LogP contribution in [0.1, 0.15) is 0 Å². The predicted octanol–water partition coefficient (Wildman–Crippen LogP) is 2.50. The zero-order chi connectivity index (χ0) is 8.97. The molecule has 1 rings (SSSR count). The Morgan fingerprint density at radius 3 is 2.42 bits per heavy atom. The average molecular weight is 188 g/mol. The van der Waals surface area contributed by atoms with Crippen molar-refractivity contribution in [3.05, 3.63) is 30.1 Å². The van der Waals surface area contributed by atoms with Crippen LogP contribution < -0.4 is 4.90 Å². The molecule has 0 aliphatic heterocycles. The summed E-state index contributed by atoms with van der Waals surface area (Å²) in [5.74, 6) is 0.367. The van der Waals surface area contributed by atoms with Crippen LogP contribution in [0.15, 0.2) is 24.3 Å². The summed E-state index contributed by atoms with van der Waals surface area (Å²) >= 11 is 5.56. The number of anilines is 1. The molecule has 0 amide bonds. The van der Waals surface area contributed by atoms with Gasteiger partial charge >= 0.3 is 0 Å². The van der Waals surface area contributed by atoms with Gasteiger partial charge in [0, 0.05) is 25.2 Å². The van der Waals surface area contributed by atoms with Gasteiger partial charge in [0.1, 0.15) is 5.82 Å². The monoisotopic (exact) mass is 187 g/mol. The largest absolute Gasteiger partial charge is 0.373 e. The fourth-order valence-electron chi connectivity index (χ4n) is 0.951. The average Bonchev–Trinajstić information content (AvgIpc) is 2.06. The minimum Gasteiger partial charge on any atom is -0.373 e. The van der Waals surface area contributed by atoms with Crippen LogP contribution in [0.25, 0.3) is 0 Å². The van der Waals surface area contributed by atoms with Crippen LogP contribution in [0.3, 0.4) is 0 Å². The van der Waals surface area contributed by atoms with E-state index in [0.29, 0.717) is 5.88 Å². The number of hydrogen-bond donors (Lipinski definition) is 0. The number of hydrogen-bond acceptors (Lipinski definition) is 1. The van der Waals surface area contributed by atoms with E-state index < -0.39 is 0 Å². The van der Waals surface area contributed by atoms with Gasteiger partial charge in [-0.25, -0.2) is 4.39 Å². The summed E-state index contributed by atoms with van der Waals surface area (Å²) < 4.78 is 12.5. The van der Waals surface area contributed by atoms with E-state index in [1.54, 1.807) is 12.1 Å². The first-order chi connectivity index (χ1) is 5.74. The highest BCUT2D eigenvalue weighted by atomic mass is 35.5. The Balaban J connectivity index is 2.68. The zero-order valence-corrected chi connectivity index (χ0v) is 7.68. The number of alkyl halides is 1. The number of rotatable bonds is 3. The SMILES string of the molecule is CN(CCCl)c1ccc(F)cc1. The molecular weight excluding hydrogens is 177 g/mol. The summed E-state index contributed by atoms with van der Waals surface area (Å²) in [5, 5.41) is 0. The first kappa shape index (κ1) is 9.33. The highest BCUT2D eigenvalue weighted by Crippen LogP contribution is 2.12. The van der Waals surface area contributed by atoms with Crippen LogP contribution in [0.2, 0.25) is 0 Å². The van der Waals surface area contributed by atoms with Crippen LogP contribution >= 0.6 is 11.6 Å². The molecular formula is C9H11ClFN. The van der Waals surface area contributed by atoms with E-state index in [2.05, 4.69) is 0 Å². The summed E-state index contributed by atoms with van der Waals surface area (Å²) in [6.07, 6.45) is 0.